The Morgan fingerprint density at radius 3 is 2.50 bits per heavy atom. The fraction of sp³-hybridized carbons (Fsp3) is 0.583. The molecule has 0 N–H and O–H groups in total. The second-order valence-electron chi connectivity index (χ2n) is 3.84. The van der Waals surface area contributed by atoms with Crippen molar-refractivity contribution in [3.05, 3.63) is 24.0 Å². The molecule has 0 aliphatic carbocycles. The van der Waals surface area contributed by atoms with Crippen LogP contribution < -0.4 is 0 Å². The van der Waals surface area contributed by atoms with Crippen LogP contribution in [0.25, 0.3) is 0 Å². The van der Waals surface area contributed by atoms with E-state index in [-0.39, 0.29) is 5.78 Å². The molecule has 0 radical (unpaired) electrons. The van der Waals surface area contributed by atoms with E-state index < -0.39 is 0 Å². The highest BCUT2D eigenvalue weighted by molar-refractivity contribution is 5.93. The molecule has 1 rings (SSSR count). The number of nitrogens with zero attached hydrogens (tertiary/aromatic N) is 1. The van der Waals surface area contributed by atoms with Crippen LogP contribution in [0.5, 0.6) is 0 Å². The van der Waals surface area contributed by atoms with Gasteiger partial charge >= 0.3 is 0 Å². The van der Waals surface area contributed by atoms with Gasteiger partial charge in [0.1, 0.15) is 0 Å². The minimum Gasteiger partial charge on any atom is -0.353 e. The first kappa shape index (κ1) is 11.0. The maximum absolute atomic E-state index is 11.1. The summed E-state index contributed by atoms with van der Waals surface area (Å²) in [6.45, 7) is 7.06. The van der Waals surface area contributed by atoms with Crippen molar-refractivity contribution >= 4 is 5.78 Å². The van der Waals surface area contributed by atoms with Crippen molar-refractivity contribution in [3.8, 4) is 0 Å². The molecule has 0 atom stereocenters. The Kier molecular flexibility index (Phi) is 3.93. The molecule has 0 aliphatic heterocycles. The molecule has 1 aromatic heterocycles. The number of hydrogen-bond donors (Lipinski definition) is 0. The molecule has 2 heteroatoms. The van der Waals surface area contributed by atoms with Gasteiger partial charge in [0, 0.05) is 24.5 Å². The summed E-state index contributed by atoms with van der Waals surface area (Å²) in [7, 11) is 0. The largest absolute Gasteiger partial charge is 0.353 e. The number of Topliss-reactive ketones (excluding diaryl/α,β-unsaturated/α-hetero) is 1. The van der Waals surface area contributed by atoms with Crippen molar-refractivity contribution < 1.29 is 4.79 Å². The van der Waals surface area contributed by atoms with Gasteiger partial charge in [-0.05, 0) is 18.9 Å². The van der Waals surface area contributed by atoms with Crippen LogP contribution in [0.4, 0.5) is 0 Å². The van der Waals surface area contributed by atoms with Gasteiger partial charge in [-0.2, -0.15) is 0 Å². The maximum Gasteiger partial charge on any atom is 0.161 e. The lowest BCUT2D eigenvalue weighted by Crippen LogP contribution is -2.07. The van der Waals surface area contributed by atoms with Gasteiger partial charge in [0.05, 0.1) is 0 Å². The topological polar surface area (TPSA) is 22.0 Å². The monoisotopic (exact) mass is 193 g/mol. The standard InChI is InChI=1S/C12H19NO/c1-4-11(5-2)8-13-7-6-12(9-13)10(3)14/h6-7,9,11H,4-5,8H2,1-3H3. The fourth-order valence-electron chi connectivity index (χ4n) is 1.61. The summed E-state index contributed by atoms with van der Waals surface area (Å²) in [6.07, 6.45) is 6.34. The van der Waals surface area contributed by atoms with Crippen molar-refractivity contribution in [2.75, 3.05) is 0 Å². The molecule has 0 bridgehead atoms. The van der Waals surface area contributed by atoms with Crippen molar-refractivity contribution in [2.45, 2.75) is 40.2 Å². The first-order valence-electron chi connectivity index (χ1n) is 5.34. The average Bonchev–Trinajstić information content (AvgIpc) is 2.62. The van der Waals surface area contributed by atoms with E-state index in [1.807, 2.05) is 18.5 Å². The number of carbonyl (C=O) groups excluding carboxylic acids is 1. The van der Waals surface area contributed by atoms with Gasteiger partial charge < -0.3 is 4.57 Å². The lowest BCUT2D eigenvalue weighted by molar-refractivity contribution is 0.101. The van der Waals surface area contributed by atoms with Gasteiger partial charge in [0.2, 0.25) is 0 Å². The highest BCUT2D eigenvalue weighted by Crippen LogP contribution is 2.12. The first-order chi connectivity index (χ1) is 6.67. The average molecular weight is 193 g/mol. The summed E-state index contributed by atoms with van der Waals surface area (Å²) in [4.78, 5) is 11.1. The number of aromatic nitrogens is 1. The number of ketones is 1. The summed E-state index contributed by atoms with van der Waals surface area (Å²) in [5, 5.41) is 0. The molecule has 0 unspecified atom stereocenters. The Labute approximate surface area is 85.9 Å². The molecule has 2 nitrogen and oxygen atoms in total. The normalized spacial score (nSPS) is 10.9. The first-order valence-corrected chi connectivity index (χ1v) is 5.34. The van der Waals surface area contributed by atoms with Crippen LogP contribution in [0.3, 0.4) is 0 Å². The highest BCUT2D eigenvalue weighted by Gasteiger charge is 2.06. The van der Waals surface area contributed by atoms with Gasteiger partial charge in [-0.1, -0.05) is 26.7 Å². The summed E-state index contributed by atoms with van der Waals surface area (Å²) < 4.78 is 2.12. The molecular formula is C12H19NO. The minimum atomic E-state index is 0.147. The molecule has 0 saturated heterocycles. The van der Waals surface area contributed by atoms with Crippen LogP contribution >= 0.6 is 0 Å². The van der Waals surface area contributed by atoms with E-state index in [9.17, 15) is 4.79 Å². The summed E-state index contributed by atoms with van der Waals surface area (Å²) in [6, 6.07) is 1.89. The van der Waals surface area contributed by atoms with Crippen molar-refractivity contribution in [1.29, 1.82) is 0 Å². The fourth-order valence-corrected chi connectivity index (χ4v) is 1.61. The van der Waals surface area contributed by atoms with Crippen molar-refractivity contribution in [2.24, 2.45) is 5.92 Å². The van der Waals surface area contributed by atoms with Crippen LogP contribution in [-0.2, 0) is 6.54 Å². The molecule has 14 heavy (non-hydrogen) atoms. The lowest BCUT2D eigenvalue weighted by atomic mass is 10.0. The molecule has 1 aromatic rings. The van der Waals surface area contributed by atoms with Crippen LogP contribution in [0.15, 0.2) is 18.5 Å². The van der Waals surface area contributed by atoms with E-state index in [2.05, 4.69) is 18.4 Å². The Bertz CT molecular complexity index is 297. The summed E-state index contributed by atoms with van der Waals surface area (Å²) >= 11 is 0. The molecule has 0 fully saturated rings. The van der Waals surface area contributed by atoms with Crippen molar-refractivity contribution in [3.63, 3.8) is 0 Å². The number of carbonyl (C=O) groups is 1. The van der Waals surface area contributed by atoms with Crippen LogP contribution in [0, 0.1) is 5.92 Å². The number of rotatable bonds is 5. The molecule has 0 aliphatic rings. The van der Waals surface area contributed by atoms with Gasteiger partial charge in [0.25, 0.3) is 0 Å². The van der Waals surface area contributed by atoms with E-state index in [1.165, 1.54) is 12.8 Å². The van der Waals surface area contributed by atoms with E-state index in [4.69, 9.17) is 0 Å². The predicted octanol–water partition coefficient (Wildman–Crippen LogP) is 3.13. The van der Waals surface area contributed by atoms with E-state index in [0.717, 1.165) is 18.0 Å². The Balaban J connectivity index is 2.63. The third-order valence-electron chi connectivity index (χ3n) is 2.78. The quantitative estimate of drug-likeness (QED) is 0.658. The third-order valence-corrected chi connectivity index (χ3v) is 2.78. The highest BCUT2D eigenvalue weighted by atomic mass is 16.1. The van der Waals surface area contributed by atoms with Crippen LogP contribution in [0.2, 0.25) is 0 Å². The maximum atomic E-state index is 11.1. The summed E-state index contributed by atoms with van der Waals surface area (Å²) in [5.41, 5.74) is 0.816. The smallest absolute Gasteiger partial charge is 0.161 e. The van der Waals surface area contributed by atoms with Crippen molar-refractivity contribution in [1.82, 2.24) is 4.57 Å². The van der Waals surface area contributed by atoms with E-state index in [1.54, 1.807) is 6.92 Å². The van der Waals surface area contributed by atoms with Crippen LogP contribution in [0.1, 0.15) is 44.0 Å². The summed E-state index contributed by atoms with van der Waals surface area (Å²) in [5.74, 6) is 0.871. The molecule has 0 saturated carbocycles. The predicted molar refractivity (Wildman–Crippen MR) is 58.5 cm³/mol. The zero-order valence-corrected chi connectivity index (χ0v) is 9.29. The number of hydrogen-bond acceptors (Lipinski definition) is 1. The Morgan fingerprint density at radius 1 is 1.43 bits per heavy atom. The Hall–Kier alpha value is -1.05. The molecule has 78 valence electrons. The van der Waals surface area contributed by atoms with Gasteiger partial charge in [0.15, 0.2) is 5.78 Å². The van der Waals surface area contributed by atoms with E-state index in [0.29, 0.717) is 0 Å². The van der Waals surface area contributed by atoms with Crippen LogP contribution in [-0.4, -0.2) is 10.4 Å². The lowest BCUT2D eigenvalue weighted by Gasteiger charge is -2.12. The van der Waals surface area contributed by atoms with E-state index >= 15 is 0 Å². The molecule has 0 spiro atoms. The molecule has 1 heterocycles. The zero-order valence-electron chi connectivity index (χ0n) is 9.29. The SMILES string of the molecule is CCC(CC)Cn1ccc(C(C)=O)c1. The minimum absolute atomic E-state index is 0.147. The zero-order chi connectivity index (χ0) is 10.6. The van der Waals surface area contributed by atoms with Gasteiger partial charge in [-0.15, -0.1) is 0 Å². The van der Waals surface area contributed by atoms with Gasteiger partial charge in [-0.25, -0.2) is 0 Å². The molecule has 0 aromatic carbocycles. The third kappa shape index (κ3) is 2.72. The molecular weight excluding hydrogens is 174 g/mol. The van der Waals surface area contributed by atoms with Gasteiger partial charge in [-0.3, -0.25) is 4.79 Å². The second-order valence-corrected chi connectivity index (χ2v) is 3.84. The molecule has 0 amide bonds. The second kappa shape index (κ2) is 4.99. The Morgan fingerprint density at radius 2 is 2.07 bits per heavy atom.